The van der Waals surface area contributed by atoms with E-state index in [1.165, 1.54) is 0 Å². The molecule has 5 nitrogen and oxygen atoms in total. The van der Waals surface area contributed by atoms with Crippen molar-refractivity contribution in [3.8, 4) is 0 Å². The molecule has 3 aromatic rings. The molecule has 0 N–H and O–H groups in total. The van der Waals surface area contributed by atoms with Crippen LogP contribution in [0.15, 0.2) is 30.3 Å². The van der Waals surface area contributed by atoms with Gasteiger partial charge in [0.05, 0.1) is 22.5 Å². The molecular formula is C17H20N4OS. The first-order valence-electron chi connectivity index (χ1n) is 7.75. The summed E-state index contributed by atoms with van der Waals surface area (Å²) >= 11 is 1.56. The SMILES string of the molecule is CCC(=O)N(CCn1nc(C)cc1C)c1nc2ccccc2s1. The lowest BCUT2D eigenvalue weighted by Crippen LogP contribution is -2.33. The van der Waals surface area contributed by atoms with Crippen LogP contribution in [-0.2, 0) is 11.3 Å². The molecule has 0 radical (unpaired) electrons. The molecule has 0 aliphatic rings. The zero-order valence-corrected chi connectivity index (χ0v) is 14.4. The summed E-state index contributed by atoms with van der Waals surface area (Å²) in [5, 5.41) is 5.23. The minimum absolute atomic E-state index is 0.0885. The van der Waals surface area contributed by atoms with Gasteiger partial charge in [-0.2, -0.15) is 5.10 Å². The summed E-state index contributed by atoms with van der Waals surface area (Å²) in [5.74, 6) is 0.0885. The number of carbonyl (C=O) groups excluding carboxylic acids is 1. The van der Waals surface area contributed by atoms with E-state index in [2.05, 4.69) is 10.1 Å². The molecular weight excluding hydrogens is 308 g/mol. The molecule has 0 atom stereocenters. The van der Waals surface area contributed by atoms with Crippen molar-refractivity contribution in [3.05, 3.63) is 41.7 Å². The first kappa shape index (κ1) is 15.7. The smallest absolute Gasteiger partial charge is 0.228 e. The van der Waals surface area contributed by atoms with Gasteiger partial charge in [-0.15, -0.1) is 0 Å². The molecule has 0 fully saturated rings. The highest BCUT2D eigenvalue weighted by molar-refractivity contribution is 7.22. The number of thiazole rings is 1. The lowest BCUT2D eigenvalue weighted by Gasteiger charge is -2.19. The average Bonchev–Trinajstić information content (AvgIpc) is 3.10. The quantitative estimate of drug-likeness (QED) is 0.719. The Kier molecular flexibility index (Phi) is 4.43. The van der Waals surface area contributed by atoms with Crippen LogP contribution in [0.25, 0.3) is 10.2 Å². The van der Waals surface area contributed by atoms with Gasteiger partial charge in [0.2, 0.25) is 5.91 Å². The zero-order valence-electron chi connectivity index (χ0n) is 13.6. The lowest BCUT2D eigenvalue weighted by atomic mass is 10.3. The number of fused-ring (bicyclic) bond motifs is 1. The van der Waals surface area contributed by atoms with Crippen molar-refractivity contribution in [2.24, 2.45) is 0 Å². The minimum Gasteiger partial charge on any atom is -0.286 e. The Labute approximate surface area is 139 Å². The van der Waals surface area contributed by atoms with Gasteiger partial charge in [0.25, 0.3) is 0 Å². The van der Waals surface area contributed by atoms with Crippen LogP contribution in [-0.4, -0.2) is 27.2 Å². The minimum atomic E-state index is 0.0885. The molecule has 23 heavy (non-hydrogen) atoms. The number of nitrogens with zero attached hydrogens (tertiary/aromatic N) is 4. The van der Waals surface area contributed by atoms with Gasteiger partial charge in [-0.05, 0) is 32.0 Å². The zero-order chi connectivity index (χ0) is 16.4. The number of rotatable bonds is 5. The molecule has 0 spiro atoms. The summed E-state index contributed by atoms with van der Waals surface area (Å²) in [6.07, 6.45) is 0.465. The number of aryl methyl sites for hydroxylation is 2. The van der Waals surface area contributed by atoms with Crippen LogP contribution in [0.4, 0.5) is 5.13 Å². The van der Waals surface area contributed by atoms with Gasteiger partial charge in [-0.25, -0.2) is 4.98 Å². The van der Waals surface area contributed by atoms with E-state index in [-0.39, 0.29) is 5.91 Å². The number of para-hydroxylation sites is 1. The van der Waals surface area contributed by atoms with Crippen molar-refractivity contribution in [2.45, 2.75) is 33.7 Å². The van der Waals surface area contributed by atoms with Gasteiger partial charge in [0.15, 0.2) is 5.13 Å². The Hall–Kier alpha value is -2.21. The second-order valence-electron chi connectivity index (χ2n) is 5.51. The fraction of sp³-hybridized carbons (Fsp3) is 0.353. The third kappa shape index (κ3) is 3.27. The van der Waals surface area contributed by atoms with Gasteiger partial charge in [0.1, 0.15) is 0 Å². The fourth-order valence-corrected chi connectivity index (χ4v) is 3.60. The van der Waals surface area contributed by atoms with Gasteiger partial charge in [-0.1, -0.05) is 30.4 Å². The summed E-state index contributed by atoms with van der Waals surface area (Å²) in [4.78, 5) is 18.8. The standard InChI is InChI=1S/C17H20N4OS/c1-4-16(22)20(9-10-21-13(3)11-12(2)19-21)17-18-14-7-5-6-8-15(14)23-17/h5-8,11H,4,9-10H2,1-3H3. The van der Waals surface area contributed by atoms with Crippen LogP contribution < -0.4 is 4.90 Å². The Balaban J connectivity index is 1.85. The second kappa shape index (κ2) is 6.50. The maximum Gasteiger partial charge on any atom is 0.228 e. The highest BCUT2D eigenvalue weighted by atomic mass is 32.1. The van der Waals surface area contributed by atoms with E-state index < -0.39 is 0 Å². The number of aromatic nitrogens is 3. The Bertz CT molecular complexity index is 803. The second-order valence-corrected chi connectivity index (χ2v) is 6.52. The van der Waals surface area contributed by atoms with E-state index >= 15 is 0 Å². The molecule has 0 aliphatic heterocycles. The number of anilines is 1. The van der Waals surface area contributed by atoms with E-state index in [1.54, 1.807) is 16.2 Å². The van der Waals surface area contributed by atoms with Crippen LogP contribution in [0.1, 0.15) is 24.7 Å². The van der Waals surface area contributed by atoms with Crippen molar-refractivity contribution in [1.29, 1.82) is 0 Å². The van der Waals surface area contributed by atoms with E-state index in [1.807, 2.05) is 55.8 Å². The third-order valence-corrected chi connectivity index (χ3v) is 4.82. The summed E-state index contributed by atoms with van der Waals surface area (Å²) in [6.45, 7) is 7.14. The maximum absolute atomic E-state index is 12.4. The van der Waals surface area contributed by atoms with Gasteiger partial charge in [-0.3, -0.25) is 14.4 Å². The monoisotopic (exact) mass is 328 g/mol. The molecule has 0 saturated carbocycles. The summed E-state index contributed by atoms with van der Waals surface area (Å²) in [5.41, 5.74) is 3.04. The molecule has 1 aromatic carbocycles. The van der Waals surface area contributed by atoms with E-state index in [0.29, 0.717) is 19.5 Å². The third-order valence-electron chi connectivity index (χ3n) is 3.76. The molecule has 120 valence electrons. The average molecular weight is 328 g/mol. The lowest BCUT2D eigenvalue weighted by molar-refractivity contribution is -0.118. The Morgan fingerprint density at radius 2 is 2.09 bits per heavy atom. The Morgan fingerprint density at radius 3 is 2.74 bits per heavy atom. The van der Waals surface area contributed by atoms with Crippen molar-refractivity contribution in [2.75, 3.05) is 11.4 Å². The molecule has 0 saturated heterocycles. The van der Waals surface area contributed by atoms with Crippen molar-refractivity contribution in [1.82, 2.24) is 14.8 Å². The number of hydrogen-bond donors (Lipinski definition) is 0. The summed E-state index contributed by atoms with van der Waals surface area (Å²) < 4.78 is 3.04. The van der Waals surface area contributed by atoms with Crippen LogP contribution in [0.2, 0.25) is 0 Å². The molecule has 6 heteroatoms. The van der Waals surface area contributed by atoms with Crippen molar-refractivity contribution < 1.29 is 4.79 Å². The van der Waals surface area contributed by atoms with Crippen LogP contribution in [0.5, 0.6) is 0 Å². The largest absolute Gasteiger partial charge is 0.286 e. The maximum atomic E-state index is 12.4. The molecule has 0 unspecified atom stereocenters. The predicted molar refractivity (Wildman–Crippen MR) is 94.0 cm³/mol. The number of amides is 1. The first-order valence-corrected chi connectivity index (χ1v) is 8.57. The molecule has 0 bridgehead atoms. The molecule has 1 amide bonds. The van der Waals surface area contributed by atoms with Crippen molar-refractivity contribution >= 4 is 32.6 Å². The van der Waals surface area contributed by atoms with Crippen molar-refractivity contribution in [3.63, 3.8) is 0 Å². The van der Waals surface area contributed by atoms with E-state index in [0.717, 1.165) is 26.7 Å². The summed E-state index contributed by atoms with van der Waals surface area (Å²) in [6, 6.07) is 10.0. The van der Waals surface area contributed by atoms with Gasteiger partial charge < -0.3 is 0 Å². The van der Waals surface area contributed by atoms with Crippen LogP contribution in [0.3, 0.4) is 0 Å². The Morgan fingerprint density at radius 1 is 1.30 bits per heavy atom. The number of hydrogen-bond acceptors (Lipinski definition) is 4. The molecule has 2 aromatic heterocycles. The summed E-state index contributed by atoms with van der Waals surface area (Å²) in [7, 11) is 0. The number of carbonyl (C=O) groups is 1. The first-order chi connectivity index (χ1) is 11.1. The molecule has 0 aliphatic carbocycles. The van der Waals surface area contributed by atoms with Crippen LogP contribution >= 0.6 is 11.3 Å². The highest BCUT2D eigenvalue weighted by Crippen LogP contribution is 2.29. The van der Waals surface area contributed by atoms with Crippen LogP contribution in [0, 0.1) is 13.8 Å². The van der Waals surface area contributed by atoms with Gasteiger partial charge >= 0.3 is 0 Å². The molecule has 2 heterocycles. The fourth-order valence-electron chi connectivity index (χ4n) is 2.59. The highest BCUT2D eigenvalue weighted by Gasteiger charge is 2.18. The topological polar surface area (TPSA) is 51.0 Å². The van der Waals surface area contributed by atoms with E-state index in [4.69, 9.17) is 0 Å². The molecule has 3 rings (SSSR count). The predicted octanol–water partition coefficient (Wildman–Crippen LogP) is 3.55. The number of benzene rings is 1. The van der Waals surface area contributed by atoms with E-state index in [9.17, 15) is 4.79 Å². The normalized spacial score (nSPS) is 11.1. The van der Waals surface area contributed by atoms with Gasteiger partial charge in [0, 0.05) is 18.7 Å².